The first-order chi connectivity index (χ1) is 14.2. The first kappa shape index (κ1) is 25.0. The Hall–Kier alpha value is -2.28. The highest BCUT2D eigenvalue weighted by atomic mass is 35.5. The molecule has 0 saturated carbocycles. The van der Waals surface area contributed by atoms with Crippen LogP contribution < -0.4 is 14.2 Å². The van der Waals surface area contributed by atoms with E-state index in [1.807, 2.05) is 0 Å². The van der Waals surface area contributed by atoms with Crippen molar-refractivity contribution in [1.29, 1.82) is 0 Å². The van der Waals surface area contributed by atoms with E-state index < -0.39 is 39.6 Å². The molecule has 2 rings (SSSR count). The predicted molar refractivity (Wildman–Crippen MR) is 104 cm³/mol. The van der Waals surface area contributed by atoms with Crippen LogP contribution in [0.4, 0.5) is 17.6 Å². The molecule has 0 aliphatic heterocycles. The number of halogens is 6. The van der Waals surface area contributed by atoms with Crippen LogP contribution in [0.2, 0.25) is 10.0 Å². The Labute approximate surface area is 184 Å². The topological polar surface area (TPSA) is 84.9 Å². The number of carbonyl (C=O) groups is 1. The van der Waals surface area contributed by atoms with E-state index in [1.165, 1.54) is 14.1 Å². The zero-order valence-electron chi connectivity index (χ0n) is 15.8. The molecule has 0 saturated heterocycles. The fraction of sp³-hybridized carbons (Fsp3) is 0.235. The number of amides is 1. The van der Waals surface area contributed by atoms with Gasteiger partial charge in [0.15, 0.2) is 0 Å². The van der Waals surface area contributed by atoms with Crippen LogP contribution in [-0.2, 0) is 16.8 Å². The van der Waals surface area contributed by atoms with E-state index in [-0.39, 0.29) is 28.0 Å². The van der Waals surface area contributed by atoms with E-state index in [4.69, 9.17) is 27.9 Å². The van der Waals surface area contributed by atoms with Gasteiger partial charge in [-0.25, -0.2) is 9.11 Å². The molecule has 2 aromatic rings. The number of carbonyl (C=O) groups excluding carboxylic acids is 1. The van der Waals surface area contributed by atoms with Gasteiger partial charge in [-0.15, -0.1) is 13.2 Å². The summed E-state index contributed by atoms with van der Waals surface area (Å²) in [6.45, 7) is -0.330. The van der Waals surface area contributed by atoms with Crippen molar-refractivity contribution in [2.45, 2.75) is 13.0 Å². The molecule has 0 fully saturated rings. The Balaban J connectivity index is 2.14. The van der Waals surface area contributed by atoms with E-state index in [2.05, 4.69) is 4.74 Å². The van der Waals surface area contributed by atoms with Crippen molar-refractivity contribution >= 4 is 39.3 Å². The van der Waals surface area contributed by atoms with Crippen molar-refractivity contribution in [2.75, 3.05) is 14.1 Å². The largest absolute Gasteiger partial charge is 0.573 e. The molecule has 0 aliphatic rings. The monoisotopic (exact) mass is 504 g/mol. The number of nitrogens with zero attached hydrogens (tertiary/aromatic N) is 1. The second-order valence-electron chi connectivity index (χ2n) is 6.07. The molecule has 0 spiro atoms. The predicted octanol–water partition coefficient (Wildman–Crippen LogP) is 4.15. The molecular weight excluding hydrogens is 491 g/mol. The smallest absolute Gasteiger partial charge is 0.489 e. The number of rotatable bonds is 7. The average Bonchev–Trinajstić information content (AvgIpc) is 2.62. The highest BCUT2D eigenvalue weighted by Crippen LogP contribution is 2.33. The molecule has 0 atom stereocenters. The first-order valence-electron chi connectivity index (χ1n) is 8.10. The Morgan fingerprint density at radius 2 is 1.77 bits per heavy atom. The van der Waals surface area contributed by atoms with Crippen LogP contribution in [0.15, 0.2) is 30.3 Å². The molecule has 0 radical (unpaired) electrons. The molecule has 0 unspecified atom stereocenters. The zero-order chi connectivity index (χ0) is 23.6. The number of hydrogen-bond donors (Lipinski definition) is 1. The van der Waals surface area contributed by atoms with Gasteiger partial charge in [0.25, 0.3) is 5.91 Å². The molecule has 7 nitrogen and oxygen atoms in total. The van der Waals surface area contributed by atoms with E-state index in [0.29, 0.717) is 0 Å². The van der Waals surface area contributed by atoms with Gasteiger partial charge in [-0.2, -0.15) is 12.7 Å². The minimum absolute atomic E-state index is 0.0369. The van der Waals surface area contributed by atoms with Gasteiger partial charge < -0.3 is 9.47 Å². The quantitative estimate of drug-likeness (QED) is 0.572. The maximum absolute atomic E-state index is 14.3. The van der Waals surface area contributed by atoms with Crippen molar-refractivity contribution in [3.05, 3.63) is 57.3 Å². The molecule has 1 amide bonds. The lowest BCUT2D eigenvalue weighted by Gasteiger charge is -2.14. The molecule has 2 aromatic carbocycles. The average molecular weight is 505 g/mol. The van der Waals surface area contributed by atoms with Gasteiger partial charge in [0, 0.05) is 30.7 Å². The molecule has 1 N–H and O–H groups in total. The fourth-order valence-corrected chi connectivity index (χ4v) is 3.03. The van der Waals surface area contributed by atoms with Crippen LogP contribution in [0.1, 0.15) is 15.9 Å². The van der Waals surface area contributed by atoms with Gasteiger partial charge in [0.05, 0.1) is 10.6 Å². The molecular formula is C17H14Cl2F4N2O5S. The van der Waals surface area contributed by atoms with Crippen LogP contribution in [0.3, 0.4) is 0 Å². The number of alkyl halides is 3. The van der Waals surface area contributed by atoms with Crippen LogP contribution in [0.5, 0.6) is 11.5 Å². The minimum atomic E-state index is -4.92. The summed E-state index contributed by atoms with van der Waals surface area (Å²) in [7, 11) is -1.80. The molecule has 170 valence electrons. The number of benzene rings is 2. The van der Waals surface area contributed by atoms with Crippen molar-refractivity contribution < 1.29 is 40.2 Å². The van der Waals surface area contributed by atoms with Gasteiger partial charge in [0.1, 0.15) is 23.9 Å². The summed E-state index contributed by atoms with van der Waals surface area (Å²) < 4.78 is 86.0. The molecule has 0 aliphatic carbocycles. The lowest BCUT2D eigenvalue weighted by atomic mass is 10.1. The van der Waals surface area contributed by atoms with Crippen molar-refractivity contribution in [1.82, 2.24) is 9.03 Å². The Bertz CT molecular complexity index is 1090. The second kappa shape index (κ2) is 9.47. The molecule has 14 heteroatoms. The maximum Gasteiger partial charge on any atom is 0.573 e. The number of nitrogens with one attached hydrogen (secondary N) is 1. The Morgan fingerprint density at radius 3 is 2.32 bits per heavy atom. The first-order valence-corrected chi connectivity index (χ1v) is 10.3. The number of hydrogen-bond acceptors (Lipinski definition) is 5. The van der Waals surface area contributed by atoms with Crippen LogP contribution in [-0.4, -0.2) is 39.1 Å². The summed E-state index contributed by atoms with van der Waals surface area (Å²) in [5.74, 6) is -2.89. The van der Waals surface area contributed by atoms with Crippen LogP contribution in [0, 0.1) is 5.82 Å². The normalized spacial score (nSPS) is 12.0. The second-order valence-corrected chi connectivity index (χ2v) is 8.77. The van der Waals surface area contributed by atoms with Gasteiger partial charge in [-0.1, -0.05) is 23.2 Å². The molecule has 0 heterocycles. The lowest BCUT2D eigenvalue weighted by Crippen LogP contribution is -2.39. The van der Waals surface area contributed by atoms with E-state index in [9.17, 15) is 30.8 Å². The summed E-state index contributed by atoms with van der Waals surface area (Å²) in [6.07, 6.45) is -4.92. The van der Waals surface area contributed by atoms with Crippen LogP contribution >= 0.6 is 23.2 Å². The maximum atomic E-state index is 14.3. The third kappa shape index (κ3) is 6.86. The fourth-order valence-electron chi connectivity index (χ4n) is 2.08. The van der Waals surface area contributed by atoms with Gasteiger partial charge in [0.2, 0.25) is 0 Å². The Kier molecular flexibility index (Phi) is 7.63. The minimum Gasteiger partial charge on any atom is -0.489 e. The third-order valence-electron chi connectivity index (χ3n) is 3.61. The molecule has 0 bridgehead atoms. The van der Waals surface area contributed by atoms with Gasteiger partial charge in [-0.3, -0.25) is 4.79 Å². The highest BCUT2D eigenvalue weighted by molar-refractivity contribution is 7.87. The van der Waals surface area contributed by atoms with Crippen molar-refractivity contribution in [2.24, 2.45) is 0 Å². The van der Waals surface area contributed by atoms with Crippen molar-refractivity contribution in [3.63, 3.8) is 0 Å². The van der Waals surface area contributed by atoms with Gasteiger partial charge >= 0.3 is 16.6 Å². The summed E-state index contributed by atoms with van der Waals surface area (Å²) >= 11 is 11.7. The van der Waals surface area contributed by atoms with E-state index in [0.717, 1.165) is 34.6 Å². The third-order valence-corrected chi connectivity index (χ3v) is 5.66. The van der Waals surface area contributed by atoms with Crippen molar-refractivity contribution in [3.8, 4) is 11.5 Å². The van der Waals surface area contributed by atoms with Gasteiger partial charge in [-0.05, 0) is 24.3 Å². The Morgan fingerprint density at radius 1 is 1.13 bits per heavy atom. The standard InChI is InChI=1S/C17H14Cl2F4N2O5S/c1-25(2)31(27,28)24-16(26)11-7-12(18)9(5-14(11)20)8-29-10-3-4-15(13(19)6-10)30-17(21,22)23/h3-7H,8H2,1-2H3,(H,24,26). The lowest BCUT2D eigenvalue weighted by molar-refractivity contribution is -0.274. The summed E-state index contributed by atoms with van der Waals surface area (Å²) in [5.41, 5.74) is -0.534. The molecule has 31 heavy (non-hydrogen) atoms. The zero-order valence-corrected chi connectivity index (χ0v) is 18.1. The van der Waals surface area contributed by atoms with E-state index in [1.54, 1.807) is 4.72 Å². The highest BCUT2D eigenvalue weighted by Gasteiger charge is 2.32. The van der Waals surface area contributed by atoms with Crippen LogP contribution in [0.25, 0.3) is 0 Å². The summed E-state index contributed by atoms with van der Waals surface area (Å²) in [6, 6.07) is 4.92. The van der Waals surface area contributed by atoms with E-state index >= 15 is 0 Å². The molecule has 0 aromatic heterocycles. The number of ether oxygens (including phenoxy) is 2. The summed E-state index contributed by atoms with van der Waals surface area (Å²) in [5, 5.41) is -0.488. The SMILES string of the molecule is CN(C)S(=O)(=O)NC(=O)c1cc(Cl)c(COc2ccc(OC(F)(F)F)c(Cl)c2)cc1F. The summed E-state index contributed by atoms with van der Waals surface area (Å²) in [4.78, 5) is 12.0.